The number of pyridine rings is 1. The van der Waals surface area contributed by atoms with Gasteiger partial charge in [0.15, 0.2) is 5.65 Å². The summed E-state index contributed by atoms with van der Waals surface area (Å²) < 4.78 is 7.34. The highest BCUT2D eigenvalue weighted by Crippen LogP contribution is 2.38. The molecule has 3 aromatic heterocycles. The van der Waals surface area contributed by atoms with Crippen LogP contribution in [0.5, 0.6) is 0 Å². The molecule has 0 spiro atoms. The smallest absolute Gasteiger partial charge is 0.410 e. The van der Waals surface area contributed by atoms with Gasteiger partial charge in [-0.2, -0.15) is 10.2 Å². The zero-order chi connectivity index (χ0) is 22.3. The molecule has 0 atom stereocenters. The lowest BCUT2D eigenvalue weighted by molar-refractivity contribution is 0.0204. The van der Waals surface area contributed by atoms with Gasteiger partial charge in [0.25, 0.3) is 0 Å². The number of hydrogen-bond donors (Lipinski definition) is 1. The number of aryl methyl sites for hydroxylation is 1. The van der Waals surface area contributed by atoms with Crippen LogP contribution in [-0.2, 0) is 4.74 Å². The second kappa shape index (κ2) is 7.98. The summed E-state index contributed by atoms with van der Waals surface area (Å²) in [5.74, 6) is 0.660. The second-order valence-electron chi connectivity index (χ2n) is 9.74. The van der Waals surface area contributed by atoms with Gasteiger partial charge in [-0.15, -0.1) is 0 Å². The first-order valence-electron chi connectivity index (χ1n) is 11.0. The Balaban J connectivity index is 1.58. The number of aromatic nitrogens is 5. The van der Waals surface area contributed by atoms with Crippen LogP contribution >= 0.6 is 0 Å². The minimum absolute atomic E-state index is 0.225. The van der Waals surface area contributed by atoms with Crippen molar-refractivity contribution in [1.82, 2.24) is 29.7 Å². The Bertz CT molecular complexity index is 1080. The fourth-order valence-corrected chi connectivity index (χ4v) is 4.38. The third-order valence-corrected chi connectivity index (χ3v) is 5.80. The Hall–Kier alpha value is -2.90. The SMILES string of the molecule is Cc1cc(-c2n[nH]c(C3CCN(C(=O)OC(C)(C)C)CC3)c2C(C)C)cn2ncnc12. The van der Waals surface area contributed by atoms with Gasteiger partial charge >= 0.3 is 6.09 Å². The van der Waals surface area contributed by atoms with Crippen molar-refractivity contribution in [2.45, 2.75) is 71.8 Å². The van der Waals surface area contributed by atoms with Gasteiger partial charge in [0.1, 0.15) is 11.9 Å². The van der Waals surface area contributed by atoms with E-state index in [0.717, 1.165) is 35.3 Å². The summed E-state index contributed by atoms with van der Waals surface area (Å²) in [4.78, 5) is 18.5. The Labute approximate surface area is 183 Å². The van der Waals surface area contributed by atoms with Crippen LogP contribution in [0.4, 0.5) is 4.79 Å². The minimum atomic E-state index is -0.472. The Morgan fingerprint density at radius 1 is 1.26 bits per heavy atom. The van der Waals surface area contributed by atoms with Crippen LogP contribution in [0.25, 0.3) is 16.9 Å². The highest BCUT2D eigenvalue weighted by molar-refractivity contribution is 5.69. The number of carbonyl (C=O) groups excluding carboxylic acids is 1. The van der Waals surface area contributed by atoms with Gasteiger partial charge in [0, 0.05) is 42.0 Å². The quantitative estimate of drug-likeness (QED) is 0.660. The molecule has 0 aliphatic carbocycles. The molecule has 1 saturated heterocycles. The third kappa shape index (κ3) is 4.29. The number of ether oxygens (including phenoxy) is 1. The molecule has 0 radical (unpaired) electrons. The molecule has 1 amide bonds. The summed E-state index contributed by atoms with van der Waals surface area (Å²) in [5.41, 5.74) is 5.90. The van der Waals surface area contributed by atoms with Gasteiger partial charge in [-0.05, 0) is 58.1 Å². The van der Waals surface area contributed by atoms with Crippen LogP contribution in [0, 0.1) is 6.92 Å². The maximum atomic E-state index is 12.4. The summed E-state index contributed by atoms with van der Waals surface area (Å²) in [7, 11) is 0. The molecule has 4 rings (SSSR count). The largest absolute Gasteiger partial charge is 0.444 e. The summed E-state index contributed by atoms with van der Waals surface area (Å²) >= 11 is 0. The molecule has 1 aliphatic rings. The molecule has 166 valence electrons. The molecule has 0 bridgehead atoms. The average Bonchev–Trinajstić information content (AvgIpc) is 3.34. The number of likely N-dealkylation sites (tertiary alicyclic amines) is 1. The number of H-pyrrole nitrogens is 1. The van der Waals surface area contributed by atoms with Gasteiger partial charge in [-0.1, -0.05) is 13.8 Å². The number of nitrogens with one attached hydrogen (secondary N) is 1. The molecule has 31 heavy (non-hydrogen) atoms. The van der Waals surface area contributed by atoms with Crippen LogP contribution in [0.3, 0.4) is 0 Å². The Morgan fingerprint density at radius 3 is 2.61 bits per heavy atom. The molecule has 1 aliphatic heterocycles. The molecular weight excluding hydrogens is 392 g/mol. The molecule has 1 fully saturated rings. The third-order valence-electron chi connectivity index (χ3n) is 5.80. The molecular formula is C23H32N6O2. The molecule has 0 unspecified atom stereocenters. The van der Waals surface area contributed by atoms with E-state index in [1.807, 2.05) is 43.3 Å². The van der Waals surface area contributed by atoms with Crippen LogP contribution in [0.15, 0.2) is 18.6 Å². The van der Waals surface area contributed by atoms with Gasteiger partial charge < -0.3 is 9.64 Å². The summed E-state index contributed by atoms with van der Waals surface area (Å²) in [5, 5.41) is 12.4. The number of carbonyl (C=O) groups is 1. The maximum absolute atomic E-state index is 12.4. The van der Waals surface area contributed by atoms with E-state index in [-0.39, 0.29) is 6.09 Å². The number of piperidine rings is 1. The predicted octanol–water partition coefficient (Wildman–Crippen LogP) is 4.67. The lowest BCUT2D eigenvalue weighted by Gasteiger charge is -2.33. The van der Waals surface area contributed by atoms with E-state index in [2.05, 4.69) is 35.1 Å². The fraction of sp³-hybridized carbons (Fsp3) is 0.565. The zero-order valence-electron chi connectivity index (χ0n) is 19.3. The van der Waals surface area contributed by atoms with Gasteiger partial charge in [0.2, 0.25) is 0 Å². The molecule has 1 N–H and O–H groups in total. The van der Waals surface area contributed by atoms with E-state index >= 15 is 0 Å². The topological polar surface area (TPSA) is 88.4 Å². The van der Waals surface area contributed by atoms with E-state index in [9.17, 15) is 4.79 Å². The van der Waals surface area contributed by atoms with Crippen molar-refractivity contribution in [1.29, 1.82) is 0 Å². The van der Waals surface area contributed by atoms with Crippen molar-refractivity contribution in [2.75, 3.05) is 13.1 Å². The number of hydrogen-bond acceptors (Lipinski definition) is 5. The first-order valence-corrected chi connectivity index (χ1v) is 11.0. The maximum Gasteiger partial charge on any atom is 0.410 e. The number of fused-ring (bicyclic) bond motifs is 1. The Morgan fingerprint density at radius 2 is 1.97 bits per heavy atom. The Kier molecular flexibility index (Phi) is 5.49. The average molecular weight is 425 g/mol. The molecule has 4 heterocycles. The molecule has 0 saturated carbocycles. The van der Waals surface area contributed by atoms with Crippen molar-refractivity contribution < 1.29 is 9.53 Å². The number of rotatable bonds is 3. The van der Waals surface area contributed by atoms with Gasteiger partial charge in [-0.25, -0.2) is 14.3 Å². The number of amides is 1. The lowest BCUT2D eigenvalue weighted by atomic mass is 9.86. The highest BCUT2D eigenvalue weighted by atomic mass is 16.6. The lowest BCUT2D eigenvalue weighted by Crippen LogP contribution is -2.41. The first kappa shape index (κ1) is 21.3. The van der Waals surface area contributed by atoms with Crippen molar-refractivity contribution in [3.8, 4) is 11.3 Å². The van der Waals surface area contributed by atoms with Crippen molar-refractivity contribution in [3.63, 3.8) is 0 Å². The van der Waals surface area contributed by atoms with Crippen molar-refractivity contribution >= 4 is 11.7 Å². The highest BCUT2D eigenvalue weighted by Gasteiger charge is 2.31. The fourth-order valence-electron chi connectivity index (χ4n) is 4.38. The second-order valence-corrected chi connectivity index (χ2v) is 9.74. The van der Waals surface area contributed by atoms with Crippen molar-refractivity contribution in [3.05, 3.63) is 35.4 Å². The minimum Gasteiger partial charge on any atom is -0.444 e. The number of aromatic amines is 1. The summed E-state index contributed by atoms with van der Waals surface area (Å²) in [6, 6.07) is 2.13. The van der Waals surface area contributed by atoms with Crippen LogP contribution < -0.4 is 0 Å². The van der Waals surface area contributed by atoms with E-state index in [4.69, 9.17) is 9.84 Å². The van der Waals surface area contributed by atoms with Crippen LogP contribution in [0.2, 0.25) is 0 Å². The predicted molar refractivity (Wildman–Crippen MR) is 119 cm³/mol. The molecule has 3 aromatic rings. The zero-order valence-corrected chi connectivity index (χ0v) is 19.3. The van der Waals surface area contributed by atoms with Gasteiger partial charge in [0.05, 0.1) is 5.69 Å². The molecule has 8 nitrogen and oxygen atoms in total. The van der Waals surface area contributed by atoms with E-state index < -0.39 is 5.60 Å². The summed E-state index contributed by atoms with van der Waals surface area (Å²) in [6.45, 7) is 13.5. The van der Waals surface area contributed by atoms with Gasteiger partial charge in [-0.3, -0.25) is 5.10 Å². The van der Waals surface area contributed by atoms with Crippen LogP contribution in [0.1, 0.15) is 76.1 Å². The van der Waals surface area contributed by atoms with Crippen molar-refractivity contribution in [2.24, 2.45) is 0 Å². The standard InChI is InChI=1S/C23H32N6O2/c1-14(2)18-19(16-7-9-28(10-8-16)22(30)31-23(4,5)6)26-27-20(18)17-11-15(3)21-24-13-25-29(21)12-17/h11-14,16H,7-10H2,1-6H3,(H,26,27). The number of nitrogens with zero attached hydrogens (tertiary/aromatic N) is 5. The van der Waals surface area contributed by atoms with Crippen LogP contribution in [-0.4, -0.2) is 54.5 Å². The first-order chi connectivity index (χ1) is 14.6. The van der Waals surface area contributed by atoms with E-state index in [1.165, 1.54) is 11.3 Å². The molecule has 8 heteroatoms. The molecule has 0 aromatic carbocycles. The van der Waals surface area contributed by atoms with E-state index in [1.54, 1.807) is 6.33 Å². The normalized spacial score (nSPS) is 15.8. The van der Waals surface area contributed by atoms with E-state index in [0.29, 0.717) is 24.9 Å². The summed E-state index contributed by atoms with van der Waals surface area (Å²) in [6.07, 6.45) is 5.12. The monoisotopic (exact) mass is 424 g/mol.